The van der Waals surface area contributed by atoms with Gasteiger partial charge in [-0.2, -0.15) is 0 Å². The van der Waals surface area contributed by atoms with E-state index in [2.05, 4.69) is 10.3 Å². The summed E-state index contributed by atoms with van der Waals surface area (Å²) in [7, 11) is 1.57. The fourth-order valence-electron chi connectivity index (χ4n) is 1.79. The summed E-state index contributed by atoms with van der Waals surface area (Å²) < 4.78 is 5.62. The molecule has 20 heavy (non-hydrogen) atoms. The van der Waals surface area contributed by atoms with E-state index in [1.807, 2.05) is 24.3 Å². The molecule has 0 saturated carbocycles. The zero-order valence-corrected chi connectivity index (χ0v) is 11.3. The Morgan fingerprint density at radius 2 is 2.15 bits per heavy atom. The molecule has 0 unspecified atom stereocenters. The van der Waals surface area contributed by atoms with Gasteiger partial charge in [0.25, 0.3) is 5.91 Å². The third kappa shape index (κ3) is 3.47. The summed E-state index contributed by atoms with van der Waals surface area (Å²) in [6, 6.07) is 11.0. The zero-order chi connectivity index (χ0) is 14.4. The number of aromatic nitrogens is 1. The molecular weight excluding hydrogens is 254 g/mol. The number of ether oxygens (including phenoxy) is 1. The number of nitrogens with zero attached hydrogens (tertiary/aromatic N) is 1. The van der Waals surface area contributed by atoms with Gasteiger partial charge in [-0.15, -0.1) is 0 Å². The molecule has 0 bridgehead atoms. The van der Waals surface area contributed by atoms with Crippen LogP contribution in [0.4, 0.5) is 5.69 Å². The van der Waals surface area contributed by atoms with Crippen molar-refractivity contribution in [3.8, 4) is 5.75 Å². The van der Waals surface area contributed by atoms with Gasteiger partial charge in [0.2, 0.25) is 0 Å². The topological polar surface area (TPSA) is 77.2 Å². The lowest BCUT2D eigenvalue weighted by molar-refractivity contribution is 0.0957. The highest BCUT2D eigenvalue weighted by Gasteiger charge is 2.06. The Hall–Kier alpha value is -2.56. The van der Waals surface area contributed by atoms with Crippen molar-refractivity contribution >= 4 is 11.6 Å². The van der Waals surface area contributed by atoms with E-state index in [1.165, 1.54) is 0 Å². The summed E-state index contributed by atoms with van der Waals surface area (Å²) in [5, 5.41) is 2.52. The van der Waals surface area contributed by atoms with Gasteiger partial charge in [0, 0.05) is 31.4 Å². The molecule has 0 aliphatic rings. The minimum atomic E-state index is -0.234. The molecule has 0 aliphatic heterocycles. The number of nitrogens with one attached hydrogen (secondary N) is 1. The Morgan fingerprint density at radius 3 is 2.90 bits per heavy atom. The molecule has 1 amide bonds. The SMILES string of the molecule is CNC(=O)c1cc(OCCc2ccccc2N)ccn1. The van der Waals surface area contributed by atoms with E-state index >= 15 is 0 Å². The van der Waals surface area contributed by atoms with Gasteiger partial charge in [-0.3, -0.25) is 9.78 Å². The van der Waals surface area contributed by atoms with Crippen molar-refractivity contribution in [1.29, 1.82) is 0 Å². The first kappa shape index (κ1) is 13.9. The molecule has 1 aromatic heterocycles. The summed E-state index contributed by atoms with van der Waals surface area (Å²) in [6.45, 7) is 0.491. The number of rotatable bonds is 5. The highest BCUT2D eigenvalue weighted by molar-refractivity contribution is 5.92. The summed E-state index contributed by atoms with van der Waals surface area (Å²) in [5.74, 6) is 0.385. The number of nitrogen functional groups attached to an aromatic ring is 1. The van der Waals surface area contributed by atoms with Gasteiger partial charge < -0.3 is 15.8 Å². The number of hydrogen-bond donors (Lipinski definition) is 2. The number of anilines is 1. The number of benzene rings is 1. The summed E-state index contributed by atoms with van der Waals surface area (Å²) in [5.41, 5.74) is 8.01. The summed E-state index contributed by atoms with van der Waals surface area (Å²) in [6.07, 6.45) is 2.26. The predicted octanol–water partition coefficient (Wildman–Crippen LogP) is 1.64. The summed E-state index contributed by atoms with van der Waals surface area (Å²) in [4.78, 5) is 15.4. The molecule has 2 rings (SSSR count). The van der Waals surface area contributed by atoms with Crippen molar-refractivity contribution in [1.82, 2.24) is 10.3 Å². The van der Waals surface area contributed by atoms with Gasteiger partial charge in [-0.25, -0.2) is 0 Å². The van der Waals surface area contributed by atoms with E-state index < -0.39 is 0 Å². The Kier molecular flexibility index (Phi) is 4.55. The molecule has 0 spiro atoms. The monoisotopic (exact) mass is 271 g/mol. The van der Waals surface area contributed by atoms with Crippen LogP contribution in [0, 0.1) is 0 Å². The lowest BCUT2D eigenvalue weighted by Crippen LogP contribution is -2.19. The van der Waals surface area contributed by atoms with Crippen molar-refractivity contribution in [3.63, 3.8) is 0 Å². The van der Waals surface area contributed by atoms with Crippen LogP contribution in [0.5, 0.6) is 5.75 Å². The van der Waals surface area contributed by atoms with Gasteiger partial charge in [0.1, 0.15) is 11.4 Å². The molecule has 3 N–H and O–H groups in total. The average Bonchev–Trinajstić information content (AvgIpc) is 2.49. The molecule has 0 fully saturated rings. The maximum atomic E-state index is 11.5. The average molecular weight is 271 g/mol. The van der Waals surface area contributed by atoms with Crippen LogP contribution >= 0.6 is 0 Å². The minimum Gasteiger partial charge on any atom is -0.493 e. The summed E-state index contributed by atoms with van der Waals surface area (Å²) >= 11 is 0. The van der Waals surface area contributed by atoms with Crippen molar-refractivity contribution in [2.45, 2.75) is 6.42 Å². The van der Waals surface area contributed by atoms with E-state index in [4.69, 9.17) is 10.5 Å². The standard InChI is InChI=1S/C15H17N3O2/c1-17-15(19)14-10-12(6-8-18-14)20-9-7-11-4-2-3-5-13(11)16/h2-6,8,10H,7,9,16H2,1H3,(H,17,19). The third-order valence-corrected chi connectivity index (χ3v) is 2.89. The first-order valence-electron chi connectivity index (χ1n) is 6.35. The lowest BCUT2D eigenvalue weighted by atomic mass is 10.1. The fraction of sp³-hybridized carbons (Fsp3) is 0.200. The van der Waals surface area contributed by atoms with Crippen molar-refractivity contribution in [2.24, 2.45) is 0 Å². The second kappa shape index (κ2) is 6.56. The van der Waals surface area contributed by atoms with Crippen LogP contribution in [0.1, 0.15) is 16.1 Å². The second-order valence-electron chi connectivity index (χ2n) is 4.25. The highest BCUT2D eigenvalue weighted by atomic mass is 16.5. The molecule has 0 aliphatic carbocycles. The molecule has 5 nitrogen and oxygen atoms in total. The molecule has 0 atom stereocenters. The molecule has 2 aromatic rings. The first-order valence-corrected chi connectivity index (χ1v) is 6.35. The molecule has 0 saturated heterocycles. The number of carbonyl (C=O) groups excluding carboxylic acids is 1. The molecule has 104 valence electrons. The van der Waals surface area contributed by atoms with E-state index in [-0.39, 0.29) is 5.91 Å². The van der Waals surface area contributed by atoms with Crippen LogP contribution in [0.2, 0.25) is 0 Å². The van der Waals surface area contributed by atoms with Gasteiger partial charge in [0.15, 0.2) is 0 Å². The number of pyridine rings is 1. The normalized spacial score (nSPS) is 10.1. The Balaban J connectivity index is 1.94. The Bertz CT molecular complexity index is 599. The Labute approximate surface area is 117 Å². The van der Waals surface area contributed by atoms with Crippen molar-refractivity contribution in [3.05, 3.63) is 53.9 Å². The molecule has 0 radical (unpaired) electrons. The minimum absolute atomic E-state index is 0.234. The van der Waals surface area contributed by atoms with Crippen molar-refractivity contribution < 1.29 is 9.53 Å². The van der Waals surface area contributed by atoms with Crippen LogP contribution in [0.15, 0.2) is 42.6 Å². The zero-order valence-electron chi connectivity index (χ0n) is 11.3. The quantitative estimate of drug-likeness (QED) is 0.810. The van der Waals surface area contributed by atoms with E-state index in [9.17, 15) is 4.79 Å². The van der Waals surface area contributed by atoms with E-state index in [0.29, 0.717) is 24.5 Å². The van der Waals surface area contributed by atoms with Crippen LogP contribution in [0.3, 0.4) is 0 Å². The number of nitrogens with two attached hydrogens (primary N) is 1. The van der Waals surface area contributed by atoms with Gasteiger partial charge in [0.05, 0.1) is 6.61 Å². The maximum absolute atomic E-state index is 11.5. The predicted molar refractivity (Wildman–Crippen MR) is 77.7 cm³/mol. The number of hydrogen-bond acceptors (Lipinski definition) is 4. The Morgan fingerprint density at radius 1 is 1.35 bits per heavy atom. The van der Waals surface area contributed by atoms with E-state index in [1.54, 1.807) is 25.4 Å². The lowest BCUT2D eigenvalue weighted by Gasteiger charge is -2.08. The van der Waals surface area contributed by atoms with Crippen molar-refractivity contribution in [2.75, 3.05) is 19.4 Å². The highest BCUT2D eigenvalue weighted by Crippen LogP contribution is 2.14. The van der Waals surface area contributed by atoms with Gasteiger partial charge in [-0.1, -0.05) is 18.2 Å². The van der Waals surface area contributed by atoms with Crippen LogP contribution < -0.4 is 15.8 Å². The molecule has 5 heteroatoms. The van der Waals surface area contributed by atoms with Gasteiger partial charge >= 0.3 is 0 Å². The van der Waals surface area contributed by atoms with Crippen LogP contribution in [-0.2, 0) is 6.42 Å². The molecular formula is C15H17N3O2. The largest absolute Gasteiger partial charge is 0.493 e. The molecule has 1 heterocycles. The number of carbonyl (C=O) groups is 1. The third-order valence-electron chi connectivity index (χ3n) is 2.89. The van der Waals surface area contributed by atoms with Crippen LogP contribution in [-0.4, -0.2) is 24.5 Å². The van der Waals surface area contributed by atoms with Crippen LogP contribution in [0.25, 0.3) is 0 Å². The number of para-hydroxylation sites is 1. The maximum Gasteiger partial charge on any atom is 0.269 e. The van der Waals surface area contributed by atoms with E-state index in [0.717, 1.165) is 11.3 Å². The fourth-order valence-corrected chi connectivity index (χ4v) is 1.79. The second-order valence-corrected chi connectivity index (χ2v) is 4.25. The van der Waals surface area contributed by atoms with Gasteiger partial charge in [-0.05, 0) is 17.7 Å². The molecule has 1 aromatic carbocycles. The smallest absolute Gasteiger partial charge is 0.269 e. The number of amides is 1. The first-order chi connectivity index (χ1) is 9.70.